The Labute approximate surface area is 153 Å². The average Bonchev–Trinajstić information content (AvgIpc) is 3.28. The number of hydrogen-bond acceptors (Lipinski definition) is 5. The number of oxazole rings is 1. The van der Waals surface area contributed by atoms with Gasteiger partial charge < -0.3 is 4.42 Å². The first kappa shape index (κ1) is 16.6. The molecule has 0 fully saturated rings. The van der Waals surface area contributed by atoms with Gasteiger partial charge in [-0.25, -0.2) is 4.79 Å². The van der Waals surface area contributed by atoms with E-state index in [0.29, 0.717) is 35.9 Å². The highest BCUT2D eigenvalue weighted by atomic mass is 35.5. The first-order valence-corrected chi connectivity index (χ1v) is 8.57. The van der Waals surface area contributed by atoms with Crippen LogP contribution in [0.4, 0.5) is 0 Å². The van der Waals surface area contributed by atoms with Crippen molar-refractivity contribution in [1.82, 2.24) is 29.3 Å². The summed E-state index contributed by atoms with van der Waals surface area (Å²) in [7, 11) is 0. The minimum Gasteiger partial charge on any atom is -0.408 e. The Balaban J connectivity index is 1.50. The molecule has 0 spiro atoms. The minimum absolute atomic E-state index is 0.307. The van der Waals surface area contributed by atoms with Crippen molar-refractivity contribution in [2.45, 2.75) is 33.5 Å². The Hall–Kier alpha value is -2.87. The molecule has 1 aromatic carbocycles. The van der Waals surface area contributed by atoms with E-state index in [1.807, 2.05) is 42.9 Å². The van der Waals surface area contributed by atoms with Gasteiger partial charge in [0.15, 0.2) is 5.58 Å². The molecule has 8 nitrogen and oxygen atoms in total. The number of halogens is 1. The van der Waals surface area contributed by atoms with Crippen LogP contribution in [0.5, 0.6) is 0 Å². The second-order valence-corrected chi connectivity index (χ2v) is 6.48. The third-order valence-corrected chi connectivity index (χ3v) is 4.86. The summed E-state index contributed by atoms with van der Waals surface area (Å²) >= 11 is 6.17. The molecule has 0 radical (unpaired) electrons. The van der Waals surface area contributed by atoms with Crippen molar-refractivity contribution in [3.8, 4) is 0 Å². The Morgan fingerprint density at radius 2 is 2.00 bits per heavy atom. The van der Waals surface area contributed by atoms with Crippen LogP contribution in [0.25, 0.3) is 11.1 Å². The molecule has 0 amide bonds. The van der Waals surface area contributed by atoms with Crippen molar-refractivity contribution in [2.75, 3.05) is 0 Å². The summed E-state index contributed by atoms with van der Waals surface area (Å²) in [6.07, 6.45) is 1.82. The van der Waals surface area contributed by atoms with E-state index in [1.165, 1.54) is 0 Å². The summed E-state index contributed by atoms with van der Waals surface area (Å²) in [5, 5.41) is 13.4. The van der Waals surface area contributed by atoms with E-state index in [2.05, 4.69) is 15.4 Å². The van der Waals surface area contributed by atoms with Crippen LogP contribution < -0.4 is 5.76 Å². The van der Waals surface area contributed by atoms with Crippen LogP contribution >= 0.6 is 11.6 Å². The predicted octanol–water partition coefficient (Wildman–Crippen LogP) is 2.40. The van der Waals surface area contributed by atoms with Crippen LogP contribution in [0.15, 0.2) is 39.7 Å². The van der Waals surface area contributed by atoms with Gasteiger partial charge in [-0.05, 0) is 26.0 Å². The molecule has 0 aliphatic heterocycles. The summed E-state index contributed by atoms with van der Waals surface area (Å²) in [5.41, 5.74) is 3.73. The number of benzene rings is 1. The second-order valence-electron chi connectivity index (χ2n) is 6.10. The van der Waals surface area contributed by atoms with Crippen molar-refractivity contribution in [1.29, 1.82) is 0 Å². The number of rotatable bonds is 5. The van der Waals surface area contributed by atoms with E-state index in [1.54, 1.807) is 15.3 Å². The van der Waals surface area contributed by atoms with Crippen LogP contribution in [0, 0.1) is 13.8 Å². The molecular weight excluding hydrogens is 356 g/mol. The number of nitrogens with zero attached hydrogens (tertiary/aromatic N) is 6. The molecule has 0 saturated carbocycles. The zero-order valence-corrected chi connectivity index (χ0v) is 15.1. The van der Waals surface area contributed by atoms with E-state index in [-0.39, 0.29) is 0 Å². The molecule has 0 saturated heterocycles. The van der Waals surface area contributed by atoms with Gasteiger partial charge >= 0.3 is 5.76 Å². The molecule has 0 atom stereocenters. The zero-order chi connectivity index (χ0) is 18.3. The van der Waals surface area contributed by atoms with Crippen molar-refractivity contribution < 1.29 is 4.42 Å². The predicted molar refractivity (Wildman–Crippen MR) is 96.3 cm³/mol. The fraction of sp³-hybridized carbons (Fsp3) is 0.294. The highest BCUT2D eigenvalue weighted by Crippen LogP contribution is 2.18. The summed E-state index contributed by atoms with van der Waals surface area (Å²) in [6, 6.07) is 7.31. The van der Waals surface area contributed by atoms with Gasteiger partial charge in [0.25, 0.3) is 0 Å². The second kappa shape index (κ2) is 6.45. The lowest BCUT2D eigenvalue weighted by molar-refractivity contribution is 0.481. The lowest BCUT2D eigenvalue weighted by Crippen LogP contribution is -2.15. The molecule has 4 aromatic rings. The van der Waals surface area contributed by atoms with Crippen molar-refractivity contribution in [3.63, 3.8) is 0 Å². The molecule has 9 heteroatoms. The molecule has 4 rings (SSSR count). The summed E-state index contributed by atoms with van der Waals surface area (Å²) in [5.74, 6) is -0.405. The van der Waals surface area contributed by atoms with E-state index < -0.39 is 5.76 Å². The SMILES string of the molecule is Cc1nn(CCn2cc(Cn3c(=O)oc4ccccc43)nn2)c(C)c1Cl. The van der Waals surface area contributed by atoms with Crippen LogP contribution in [-0.2, 0) is 19.6 Å². The van der Waals surface area contributed by atoms with Crippen LogP contribution in [0.1, 0.15) is 17.1 Å². The van der Waals surface area contributed by atoms with Crippen LogP contribution in [-0.4, -0.2) is 29.3 Å². The molecule has 26 heavy (non-hydrogen) atoms. The molecule has 3 heterocycles. The maximum absolute atomic E-state index is 12.0. The maximum Gasteiger partial charge on any atom is 0.420 e. The zero-order valence-electron chi connectivity index (χ0n) is 14.4. The molecule has 0 unspecified atom stereocenters. The highest BCUT2D eigenvalue weighted by molar-refractivity contribution is 6.31. The average molecular weight is 373 g/mol. The van der Waals surface area contributed by atoms with Gasteiger partial charge in [-0.1, -0.05) is 28.9 Å². The topological polar surface area (TPSA) is 83.7 Å². The molecule has 0 N–H and O–H groups in total. The molecule has 0 aliphatic carbocycles. The quantitative estimate of drug-likeness (QED) is 0.537. The van der Waals surface area contributed by atoms with Crippen LogP contribution in [0.2, 0.25) is 5.02 Å². The van der Waals surface area contributed by atoms with E-state index in [4.69, 9.17) is 16.0 Å². The van der Waals surface area contributed by atoms with Crippen molar-refractivity contribution in [3.05, 3.63) is 63.1 Å². The lowest BCUT2D eigenvalue weighted by atomic mass is 10.3. The number of para-hydroxylation sites is 2. The van der Waals surface area contributed by atoms with E-state index in [9.17, 15) is 4.79 Å². The summed E-state index contributed by atoms with van der Waals surface area (Å²) in [6.45, 7) is 5.36. The van der Waals surface area contributed by atoms with Gasteiger partial charge in [0, 0.05) is 0 Å². The first-order valence-electron chi connectivity index (χ1n) is 8.20. The van der Waals surface area contributed by atoms with Crippen LogP contribution in [0.3, 0.4) is 0 Å². The molecule has 0 bridgehead atoms. The Morgan fingerprint density at radius 1 is 1.19 bits per heavy atom. The fourth-order valence-electron chi connectivity index (χ4n) is 2.94. The number of aryl methyl sites for hydroxylation is 3. The molecule has 3 aromatic heterocycles. The van der Waals surface area contributed by atoms with Gasteiger partial charge in [0.1, 0.15) is 5.69 Å². The smallest absolute Gasteiger partial charge is 0.408 e. The van der Waals surface area contributed by atoms with Gasteiger partial charge in [-0.3, -0.25) is 13.9 Å². The molecule has 0 aliphatic rings. The Bertz CT molecular complexity index is 1140. The fourth-order valence-corrected chi connectivity index (χ4v) is 3.07. The molecular formula is C17H17ClN6O2. The Morgan fingerprint density at radius 3 is 2.77 bits per heavy atom. The Kier molecular flexibility index (Phi) is 4.12. The van der Waals surface area contributed by atoms with E-state index >= 15 is 0 Å². The van der Waals surface area contributed by atoms with Crippen molar-refractivity contribution >= 4 is 22.7 Å². The number of aromatic nitrogens is 6. The monoisotopic (exact) mass is 372 g/mol. The minimum atomic E-state index is -0.405. The summed E-state index contributed by atoms with van der Waals surface area (Å²) in [4.78, 5) is 12.0. The largest absolute Gasteiger partial charge is 0.420 e. The number of fused-ring (bicyclic) bond motifs is 1. The standard InChI is InChI=1S/C17H17ClN6O2/c1-11-16(18)12(2)24(20-11)8-7-22-9-13(19-21-22)10-23-14-5-3-4-6-15(14)26-17(23)25/h3-6,9H,7-8,10H2,1-2H3. The number of hydrogen-bond donors (Lipinski definition) is 0. The third-order valence-electron chi connectivity index (χ3n) is 4.31. The van der Waals surface area contributed by atoms with Gasteiger partial charge in [0.05, 0.1) is 47.8 Å². The lowest BCUT2D eigenvalue weighted by Gasteiger charge is -2.03. The normalized spacial score (nSPS) is 11.5. The highest BCUT2D eigenvalue weighted by Gasteiger charge is 2.12. The first-order chi connectivity index (χ1) is 12.5. The maximum atomic E-state index is 12.0. The van der Waals surface area contributed by atoms with Gasteiger partial charge in [0.2, 0.25) is 0 Å². The van der Waals surface area contributed by atoms with Gasteiger partial charge in [-0.15, -0.1) is 5.10 Å². The molecule has 134 valence electrons. The van der Waals surface area contributed by atoms with Crippen molar-refractivity contribution in [2.24, 2.45) is 0 Å². The van der Waals surface area contributed by atoms with Gasteiger partial charge in [-0.2, -0.15) is 5.10 Å². The van der Waals surface area contributed by atoms with E-state index in [0.717, 1.165) is 16.9 Å². The third kappa shape index (κ3) is 2.92. The summed E-state index contributed by atoms with van der Waals surface area (Å²) < 4.78 is 10.4.